The molecule has 2 rings (SSSR count). The molecular weight excluding hydrogens is 364 g/mol. The molecule has 2 N–H and O–H groups in total. The summed E-state index contributed by atoms with van der Waals surface area (Å²) in [6.07, 6.45) is 1.20. The van der Waals surface area contributed by atoms with Crippen LogP contribution in [0.5, 0.6) is 11.5 Å². The lowest BCUT2D eigenvalue weighted by molar-refractivity contribution is -0.384. The molecule has 0 spiro atoms. The molecule has 0 aliphatic carbocycles. The lowest BCUT2D eigenvalue weighted by Gasteiger charge is -2.09. The van der Waals surface area contributed by atoms with Crippen molar-refractivity contribution >= 4 is 23.0 Å². The summed E-state index contributed by atoms with van der Waals surface area (Å²) in [5.74, 6) is 0.262. The number of nitro benzene ring substituents is 1. The van der Waals surface area contributed by atoms with E-state index in [0.29, 0.717) is 23.7 Å². The zero-order chi connectivity index (χ0) is 20.5. The first-order valence-corrected chi connectivity index (χ1v) is 8.22. The number of benzene rings is 2. The molecule has 0 saturated carbocycles. The van der Waals surface area contributed by atoms with Crippen LogP contribution in [0.2, 0.25) is 0 Å². The molecule has 1 amide bonds. The SMILES string of the molecule is CCOc1ccc(NC(=O)/C(C#N)=C\Nc2ccc([N+](=O)[O-])cc2OC)cc1. The van der Waals surface area contributed by atoms with Gasteiger partial charge in [-0.25, -0.2) is 0 Å². The van der Waals surface area contributed by atoms with Crippen molar-refractivity contribution in [3.05, 3.63) is 64.4 Å². The number of amides is 1. The maximum atomic E-state index is 12.3. The van der Waals surface area contributed by atoms with Gasteiger partial charge < -0.3 is 20.1 Å². The number of ether oxygens (including phenoxy) is 2. The Balaban J connectivity index is 2.11. The molecule has 144 valence electrons. The summed E-state index contributed by atoms with van der Waals surface area (Å²) < 4.78 is 10.4. The van der Waals surface area contributed by atoms with E-state index in [9.17, 15) is 20.2 Å². The fourth-order valence-corrected chi connectivity index (χ4v) is 2.21. The van der Waals surface area contributed by atoms with Crippen LogP contribution >= 0.6 is 0 Å². The Morgan fingerprint density at radius 1 is 1.29 bits per heavy atom. The Hall–Kier alpha value is -4.06. The maximum absolute atomic E-state index is 12.3. The van der Waals surface area contributed by atoms with E-state index >= 15 is 0 Å². The van der Waals surface area contributed by atoms with Crippen LogP contribution in [0.3, 0.4) is 0 Å². The summed E-state index contributed by atoms with van der Waals surface area (Å²) in [6.45, 7) is 2.40. The van der Waals surface area contributed by atoms with Crippen LogP contribution in [0.1, 0.15) is 6.92 Å². The van der Waals surface area contributed by atoms with E-state index in [2.05, 4.69) is 10.6 Å². The van der Waals surface area contributed by atoms with E-state index in [0.717, 1.165) is 0 Å². The van der Waals surface area contributed by atoms with Gasteiger partial charge in [0, 0.05) is 18.0 Å². The van der Waals surface area contributed by atoms with Crippen molar-refractivity contribution in [3.63, 3.8) is 0 Å². The molecule has 0 radical (unpaired) electrons. The summed E-state index contributed by atoms with van der Waals surface area (Å²) in [4.78, 5) is 22.6. The molecule has 0 aliphatic heterocycles. The summed E-state index contributed by atoms with van der Waals surface area (Å²) >= 11 is 0. The Morgan fingerprint density at radius 2 is 2.00 bits per heavy atom. The van der Waals surface area contributed by atoms with E-state index in [1.807, 2.05) is 6.92 Å². The van der Waals surface area contributed by atoms with E-state index in [1.165, 1.54) is 31.5 Å². The van der Waals surface area contributed by atoms with Gasteiger partial charge in [-0.1, -0.05) is 0 Å². The molecule has 0 bridgehead atoms. The highest BCUT2D eigenvalue weighted by molar-refractivity contribution is 6.06. The van der Waals surface area contributed by atoms with Crippen LogP contribution in [0, 0.1) is 21.4 Å². The predicted molar refractivity (Wildman–Crippen MR) is 103 cm³/mol. The van der Waals surface area contributed by atoms with Crippen LogP contribution in [-0.2, 0) is 4.79 Å². The van der Waals surface area contributed by atoms with Gasteiger partial charge in [0.2, 0.25) is 0 Å². The highest BCUT2D eigenvalue weighted by Gasteiger charge is 2.13. The molecule has 9 heteroatoms. The quantitative estimate of drug-likeness (QED) is 0.310. The highest BCUT2D eigenvalue weighted by atomic mass is 16.6. The van der Waals surface area contributed by atoms with Crippen LogP contribution in [0.15, 0.2) is 54.2 Å². The minimum absolute atomic E-state index is 0.139. The maximum Gasteiger partial charge on any atom is 0.273 e. The Morgan fingerprint density at radius 3 is 2.57 bits per heavy atom. The third kappa shape index (κ3) is 5.22. The van der Waals surface area contributed by atoms with Crippen molar-refractivity contribution in [1.82, 2.24) is 0 Å². The number of nitriles is 1. The van der Waals surface area contributed by atoms with E-state index in [4.69, 9.17) is 9.47 Å². The largest absolute Gasteiger partial charge is 0.494 e. The second kappa shape index (κ2) is 9.59. The number of anilines is 2. The molecule has 2 aromatic rings. The molecule has 0 unspecified atom stereocenters. The lowest BCUT2D eigenvalue weighted by atomic mass is 10.2. The zero-order valence-electron chi connectivity index (χ0n) is 15.3. The van der Waals surface area contributed by atoms with Crippen molar-refractivity contribution in [1.29, 1.82) is 5.26 Å². The van der Waals surface area contributed by atoms with Crippen molar-refractivity contribution < 1.29 is 19.2 Å². The number of nitrogens with one attached hydrogen (secondary N) is 2. The molecule has 0 aliphatic rings. The van der Waals surface area contributed by atoms with Crippen LogP contribution in [-0.4, -0.2) is 24.5 Å². The van der Waals surface area contributed by atoms with Gasteiger partial charge in [-0.05, 0) is 37.3 Å². The minimum atomic E-state index is -0.611. The number of hydrogen-bond acceptors (Lipinski definition) is 7. The first kappa shape index (κ1) is 20.3. The number of hydrogen-bond donors (Lipinski definition) is 2. The van der Waals surface area contributed by atoms with E-state index in [-0.39, 0.29) is 17.0 Å². The third-order valence-electron chi connectivity index (χ3n) is 3.56. The fraction of sp³-hybridized carbons (Fsp3) is 0.158. The van der Waals surface area contributed by atoms with Crippen LogP contribution in [0.4, 0.5) is 17.1 Å². The molecule has 28 heavy (non-hydrogen) atoms. The minimum Gasteiger partial charge on any atom is -0.494 e. The number of rotatable bonds is 8. The van der Waals surface area contributed by atoms with Crippen molar-refractivity contribution in [3.8, 4) is 17.6 Å². The van der Waals surface area contributed by atoms with E-state index in [1.54, 1.807) is 30.3 Å². The van der Waals surface area contributed by atoms with Crippen molar-refractivity contribution in [2.45, 2.75) is 6.92 Å². The first-order chi connectivity index (χ1) is 13.5. The Kier molecular flexibility index (Phi) is 6.93. The molecule has 2 aromatic carbocycles. The summed E-state index contributed by atoms with van der Waals surface area (Å²) in [7, 11) is 1.36. The summed E-state index contributed by atoms with van der Waals surface area (Å²) in [5, 5.41) is 25.4. The van der Waals surface area contributed by atoms with Gasteiger partial charge >= 0.3 is 0 Å². The number of nitro groups is 1. The van der Waals surface area contributed by atoms with Crippen LogP contribution < -0.4 is 20.1 Å². The zero-order valence-corrected chi connectivity index (χ0v) is 15.3. The highest BCUT2D eigenvalue weighted by Crippen LogP contribution is 2.29. The van der Waals surface area contributed by atoms with Crippen molar-refractivity contribution in [2.24, 2.45) is 0 Å². The smallest absolute Gasteiger partial charge is 0.273 e. The fourth-order valence-electron chi connectivity index (χ4n) is 2.21. The van der Waals surface area contributed by atoms with Gasteiger partial charge in [0.25, 0.3) is 11.6 Å². The monoisotopic (exact) mass is 382 g/mol. The average Bonchev–Trinajstić information content (AvgIpc) is 2.70. The standard InChI is InChI=1S/C19H18N4O5/c1-3-28-16-7-4-14(5-8-16)22-19(24)13(11-20)12-21-17-9-6-15(23(25)26)10-18(17)27-2/h4-10,12,21H,3H2,1-2H3,(H,22,24)/b13-12-. The van der Waals surface area contributed by atoms with Gasteiger partial charge in [0.05, 0.1) is 30.4 Å². The molecule has 0 fully saturated rings. The van der Waals surface area contributed by atoms with Gasteiger partial charge in [-0.2, -0.15) is 5.26 Å². The molecule has 0 atom stereocenters. The molecular formula is C19H18N4O5. The second-order valence-electron chi connectivity index (χ2n) is 5.37. The number of non-ortho nitro benzene ring substituents is 1. The summed E-state index contributed by atoms with van der Waals surface area (Å²) in [5.41, 5.74) is 0.548. The number of carbonyl (C=O) groups excluding carboxylic acids is 1. The predicted octanol–water partition coefficient (Wildman–Crippen LogP) is 3.46. The number of methoxy groups -OCH3 is 1. The topological polar surface area (TPSA) is 127 Å². The third-order valence-corrected chi connectivity index (χ3v) is 3.56. The van der Waals surface area contributed by atoms with Gasteiger partial charge in [-0.3, -0.25) is 14.9 Å². The lowest BCUT2D eigenvalue weighted by Crippen LogP contribution is -2.14. The van der Waals surface area contributed by atoms with Crippen LogP contribution in [0.25, 0.3) is 0 Å². The molecule has 9 nitrogen and oxygen atoms in total. The number of nitrogens with zero attached hydrogens (tertiary/aromatic N) is 2. The Labute approximate surface area is 161 Å². The molecule has 0 saturated heterocycles. The van der Waals surface area contributed by atoms with E-state index < -0.39 is 10.8 Å². The summed E-state index contributed by atoms with van der Waals surface area (Å²) in [6, 6.07) is 12.5. The second-order valence-corrected chi connectivity index (χ2v) is 5.37. The normalized spacial score (nSPS) is 10.5. The molecule has 0 aromatic heterocycles. The molecule has 0 heterocycles. The van der Waals surface area contributed by atoms with Crippen molar-refractivity contribution in [2.75, 3.05) is 24.4 Å². The average molecular weight is 382 g/mol. The van der Waals surface area contributed by atoms with Gasteiger partial charge in [0.1, 0.15) is 23.1 Å². The van der Waals surface area contributed by atoms with Gasteiger partial charge in [0.15, 0.2) is 0 Å². The number of carbonyl (C=O) groups is 1. The first-order valence-electron chi connectivity index (χ1n) is 8.22. The Bertz CT molecular complexity index is 932. The van der Waals surface area contributed by atoms with Gasteiger partial charge in [-0.15, -0.1) is 0 Å².